The van der Waals surface area contributed by atoms with Crippen molar-refractivity contribution in [1.29, 1.82) is 0 Å². The van der Waals surface area contributed by atoms with Gasteiger partial charge in [-0.1, -0.05) is 30.8 Å². The summed E-state index contributed by atoms with van der Waals surface area (Å²) in [4.78, 5) is 19.8. The zero-order chi connectivity index (χ0) is 19.5. The third-order valence-electron chi connectivity index (χ3n) is 4.77. The van der Waals surface area contributed by atoms with Crippen LogP contribution in [0.3, 0.4) is 0 Å². The first kappa shape index (κ1) is 18.7. The molecular formula is C21H22N2O4S. The molecule has 146 valence electrons. The van der Waals surface area contributed by atoms with Crippen molar-refractivity contribution >= 4 is 28.5 Å². The number of nitrogens with zero attached hydrogens (tertiary/aromatic N) is 2. The predicted molar refractivity (Wildman–Crippen MR) is 110 cm³/mol. The van der Waals surface area contributed by atoms with E-state index in [1.165, 1.54) is 0 Å². The number of rotatable bonds is 4. The summed E-state index contributed by atoms with van der Waals surface area (Å²) in [5.74, 6) is 2.75. The van der Waals surface area contributed by atoms with Gasteiger partial charge in [-0.2, -0.15) is 0 Å². The van der Waals surface area contributed by atoms with Gasteiger partial charge in [0.15, 0.2) is 16.7 Å². The van der Waals surface area contributed by atoms with E-state index in [1.807, 2.05) is 48.5 Å². The fraction of sp³-hybridized carbons (Fsp3) is 0.333. The maximum atomic E-state index is 13.3. The Balaban J connectivity index is 1.57. The molecule has 0 radical (unpaired) electrons. The van der Waals surface area contributed by atoms with Crippen molar-refractivity contribution in [3.05, 3.63) is 48.5 Å². The Bertz CT molecular complexity index is 884. The number of carbonyl (C=O) groups excluding carboxylic acids is 1. The Hall–Kier alpha value is -2.67. The molecule has 1 fully saturated rings. The maximum Gasteiger partial charge on any atom is 0.273 e. The Morgan fingerprint density at radius 2 is 1.96 bits per heavy atom. The van der Waals surface area contributed by atoms with Crippen molar-refractivity contribution in [1.82, 2.24) is 4.90 Å². The molecule has 4 rings (SSSR count). The van der Waals surface area contributed by atoms with Crippen LogP contribution < -0.4 is 14.2 Å². The van der Waals surface area contributed by atoms with Crippen LogP contribution in [0.1, 0.15) is 13.3 Å². The fourth-order valence-corrected chi connectivity index (χ4v) is 4.47. The first-order valence-electron chi connectivity index (χ1n) is 9.26. The van der Waals surface area contributed by atoms with E-state index in [4.69, 9.17) is 19.2 Å². The summed E-state index contributed by atoms with van der Waals surface area (Å²) in [7, 11) is 1.63. The molecule has 0 unspecified atom stereocenters. The van der Waals surface area contributed by atoms with Gasteiger partial charge in [-0.25, -0.2) is 4.99 Å². The number of carbonyl (C=O) groups is 1. The van der Waals surface area contributed by atoms with Crippen LogP contribution in [0.25, 0.3) is 0 Å². The number of hydrogen-bond donors (Lipinski definition) is 0. The molecule has 2 heterocycles. The summed E-state index contributed by atoms with van der Waals surface area (Å²) in [6.07, 6.45) is 0.175. The zero-order valence-electron chi connectivity index (χ0n) is 15.8. The summed E-state index contributed by atoms with van der Waals surface area (Å²) in [6.45, 7) is 2.28. The Morgan fingerprint density at radius 1 is 1.21 bits per heavy atom. The molecular weight excluding hydrogens is 376 g/mol. The molecule has 2 aromatic carbocycles. The molecule has 2 atom stereocenters. The van der Waals surface area contributed by atoms with E-state index in [2.05, 4.69) is 6.92 Å². The Kier molecular flexibility index (Phi) is 5.43. The maximum absolute atomic E-state index is 13.3. The van der Waals surface area contributed by atoms with Gasteiger partial charge in [0.25, 0.3) is 5.91 Å². The molecule has 2 aromatic rings. The quantitative estimate of drug-likeness (QED) is 0.782. The summed E-state index contributed by atoms with van der Waals surface area (Å²) in [5.41, 5.74) is 0.781. The Labute approximate surface area is 168 Å². The molecule has 2 aliphatic heterocycles. The normalized spacial score (nSPS) is 22.4. The summed E-state index contributed by atoms with van der Waals surface area (Å²) in [5, 5.41) is 0.699. The number of ether oxygens (including phenoxy) is 3. The topological polar surface area (TPSA) is 60.4 Å². The number of aliphatic imine (C=N–C) groups is 1. The number of fused-ring (bicyclic) bond motifs is 1. The highest BCUT2D eigenvalue weighted by Gasteiger charge is 2.40. The average Bonchev–Trinajstić information content (AvgIpc) is 3.16. The van der Waals surface area contributed by atoms with Crippen LogP contribution in [-0.4, -0.2) is 47.6 Å². The molecule has 2 aliphatic rings. The summed E-state index contributed by atoms with van der Waals surface area (Å²) < 4.78 is 16.9. The van der Waals surface area contributed by atoms with E-state index in [0.717, 1.165) is 23.6 Å². The van der Waals surface area contributed by atoms with Gasteiger partial charge >= 0.3 is 0 Å². The van der Waals surface area contributed by atoms with Gasteiger partial charge in [-0.15, -0.1) is 0 Å². The SMILES string of the molecule is CC[C@@H]1CSC(=Nc2ccc(OC)cc2)N1C(=O)[C@H]1COc2ccccc2O1. The lowest BCUT2D eigenvalue weighted by Crippen LogP contribution is -2.49. The number of hydrogen-bond acceptors (Lipinski definition) is 6. The van der Waals surface area contributed by atoms with E-state index in [1.54, 1.807) is 23.8 Å². The number of benzene rings is 2. The summed E-state index contributed by atoms with van der Waals surface area (Å²) >= 11 is 1.59. The average molecular weight is 398 g/mol. The highest BCUT2D eigenvalue weighted by atomic mass is 32.2. The minimum absolute atomic E-state index is 0.0928. The van der Waals surface area contributed by atoms with E-state index < -0.39 is 6.10 Å². The lowest BCUT2D eigenvalue weighted by molar-refractivity contribution is -0.138. The number of para-hydroxylation sites is 2. The molecule has 0 aliphatic carbocycles. The Morgan fingerprint density at radius 3 is 2.68 bits per heavy atom. The van der Waals surface area contributed by atoms with E-state index in [-0.39, 0.29) is 18.6 Å². The largest absolute Gasteiger partial charge is 0.497 e. The van der Waals surface area contributed by atoms with Gasteiger partial charge in [0.05, 0.1) is 12.8 Å². The van der Waals surface area contributed by atoms with Crippen molar-refractivity contribution in [2.24, 2.45) is 4.99 Å². The monoisotopic (exact) mass is 398 g/mol. The van der Waals surface area contributed by atoms with Crippen molar-refractivity contribution in [3.8, 4) is 17.2 Å². The summed E-state index contributed by atoms with van der Waals surface area (Å²) in [6, 6.07) is 15.0. The molecule has 0 N–H and O–H groups in total. The number of amidine groups is 1. The van der Waals surface area contributed by atoms with Crippen molar-refractivity contribution in [3.63, 3.8) is 0 Å². The van der Waals surface area contributed by atoms with Crippen LogP contribution in [0.15, 0.2) is 53.5 Å². The molecule has 0 bridgehead atoms. The van der Waals surface area contributed by atoms with E-state index >= 15 is 0 Å². The third kappa shape index (κ3) is 3.67. The van der Waals surface area contributed by atoms with Crippen LogP contribution >= 0.6 is 11.8 Å². The van der Waals surface area contributed by atoms with Crippen molar-refractivity contribution < 1.29 is 19.0 Å². The second-order valence-corrected chi connectivity index (χ2v) is 7.53. The molecule has 1 amide bonds. The van der Waals surface area contributed by atoms with Crippen LogP contribution in [-0.2, 0) is 4.79 Å². The first-order valence-corrected chi connectivity index (χ1v) is 10.2. The van der Waals surface area contributed by atoms with Crippen molar-refractivity contribution in [2.75, 3.05) is 19.5 Å². The van der Waals surface area contributed by atoms with Gasteiger partial charge in [0, 0.05) is 11.8 Å². The van der Waals surface area contributed by atoms with Gasteiger partial charge in [-0.05, 0) is 42.8 Å². The van der Waals surface area contributed by atoms with Crippen molar-refractivity contribution in [2.45, 2.75) is 25.5 Å². The number of methoxy groups -OCH3 is 1. The minimum Gasteiger partial charge on any atom is -0.497 e. The van der Waals surface area contributed by atoms with Crippen LogP contribution in [0.4, 0.5) is 5.69 Å². The molecule has 7 heteroatoms. The second kappa shape index (κ2) is 8.14. The standard InChI is InChI=1S/C21H22N2O4S/c1-3-15-13-28-21(22-14-8-10-16(25-2)11-9-14)23(15)20(24)19-12-26-17-6-4-5-7-18(17)27-19/h4-11,15,19H,3,12-13H2,1-2H3/t15-,19-/m1/s1. The molecule has 6 nitrogen and oxygen atoms in total. The molecule has 0 spiro atoms. The van der Waals surface area contributed by atoms with Gasteiger partial charge < -0.3 is 14.2 Å². The second-order valence-electron chi connectivity index (χ2n) is 6.54. The van der Waals surface area contributed by atoms with Gasteiger partial charge in [-0.3, -0.25) is 9.69 Å². The van der Waals surface area contributed by atoms with Crippen LogP contribution in [0.2, 0.25) is 0 Å². The third-order valence-corrected chi connectivity index (χ3v) is 5.86. The molecule has 28 heavy (non-hydrogen) atoms. The van der Waals surface area contributed by atoms with E-state index in [0.29, 0.717) is 16.7 Å². The highest BCUT2D eigenvalue weighted by molar-refractivity contribution is 8.14. The van der Waals surface area contributed by atoms with Gasteiger partial charge in [0.1, 0.15) is 12.4 Å². The molecule has 0 saturated carbocycles. The van der Waals surface area contributed by atoms with Crippen LogP contribution in [0.5, 0.6) is 17.2 Å². The lowest BCUT2D eigenvalue weighted by atomic mass is 10.2. The minimum atomic E-state index is -0.677. The van der Waals surface area contributed by atoms with Crippen LogP contribution in [0, 0.1) is 0 Å². The first-order chi connectivity index (χ1) is 13.7. The highest BCUT2D eigenvalue weighted by Crippen LogP contribution is 2.34. The van der Waals surface area contributed by atoms with Gasteiger partial charge in [0.2, 0.25) is 6.10 Å². The van der Waals surface area contributed by atoms with E-state index in [9.17, 15) is 4.79 Å². The number of amides is 1. The fourth-order valence-electron chi connectivity index (χ4n) is 3.20. The lowest BCUT2D eigenvalue weighted by Gasteiger charge is -2.31. The zero-order valence-corrected chi connectivity index (χ0v) is 16.6. The number of thioether (sulfide) groups is 1. The molecule has 0 aromatic heterocycles. The predicted octanol–water partition coefficient (Wildman–Crippen LogP) is 3.88. The molecule has 1 saturated heterocycles. The smallest absolute Gasteiger partial charge is 0.273 e.